The van der Waals surface area contributed by atoms with E-state index in [-0.39, 0.29) is 25.4 Å². The van der Waals surface area contributed by atoms with Crippen LogP contribution >= 0.6 is 0 Å². The summed E-state index contributed by atoms with van der Waals surface area (Å²) in [5.41, 5.74) is 0. The molecule has 0 aromatic heterocycles. The number of hydrogen-bond donors (Lipinski definition) is 2. The van der Waals surface area contributed by atoms with Gasteiger partial charge in [-0.1, -0.05) is 6.92 Å². The van der Waals surface area contributed by atoms with Gasteiger partial charge in [-0.15, -0.1) is 0 Å². The second-order valence-corrected chi connectivity index (χ2v) is 3.58. The van der Waals surface area contributed by atoms with Crippen molar-refractivity contribution < 1.29 is 19.8 Å². The fraction of sp³-hybridized carbons (Fsp3) is 0.800. The third-order valence-corrected chi connectivity index (χ3v) is 1.90. The second kappa shape index (κ2) is 7.23. The van der Waals surface area contributed by atoms with Crippen LogP contribution in [0.5, 0.6) is 0 Å². The maximum Gasteiger partial charge on any atom is 0.305 e. The first kappa shape index (κ1) is 13.9. The molecule has 88 valence electrons. The quantitative estimate of drug-likeness (QED) is 0.650. The third kappa shape index (κ3) is 6.90. The van der Waals surface area contributed by atoms with E-state index < -0.39 is 12.1 Å². The van der Waals surface area contributed by atoms with Crippen LogP contribution in [0.2, 0.25) is 0 Å². The molecule has 0 aromatic rings. The summed E-state index contributed by atoms with van der Waals surface area (Å²) >= 11 is 0. The molecular weight excluding hydrogens is 198 g/mol. The first-order chi connectivity index (χ1) is 6.97. The molecule has 0 radical (unpaired) electrons. The number of carboxylic acids is 1. The molecule has 0 aliphatic rings. The van der Waals surface area contributed by atoms with Gasteiger partial charge >= 0.3 is 5.97 Å². The van der Waals surface area contributed by atoms with E-state index in [1.54, 1.807) is 6.92 Å². The van der Waals surface area contributed by atoms with E-state index in [0.29, 0.717) is 6.42 Å². The van der Waals surface area contributed by atoms with Gasteiger partial charge in [0.15, 0.2) is 0 Å². The molecule has 2 N–H and O–H groups in total. The van der Waals surface area contributed by atoms with Gasteiger partial charge in [-0.25, -0.2) is 0 Å². The number of nitrogens with zero attached hydrogens (tertiary/aromatic N) is 1. The van der Waals surface area contributed by atoms with Gasteiger partial charge in [-0.05, 0) is 13.3 Å². The molecule has 0 aliphatic heterocycles. The standard InChI is InChI=1S/C10H19NO4/c1-3-4-9(13)11(7-8(2)12)6-5-10(14)15/h8,12H,3-7H2,1-2H3,(H,14,15). The maximum atomic E-state index is 11.5. The molecule has 1 atom stereocenters. The second-order valence-electron chi connectivity index (χ2n) is 3.58. The van der Waals surface area contributed by atoms with Crippen LogP contribution in [0.3, 0.4) is 0 Å². The molecule has 15 heavy (non-hydrogen) atoms. The number of aliphatic carboxylic acids is 1. The fourth-order valence-corrected chi connectivity index (χ4v) is 1.24. The average Bonchev–Trinajstić information content (AvgIpc) is 2.11. The Labute approximate surface area is 89.7 Å². The Morgan fingerprint density at radius 1 is 1.33 bits per heavy atom. The van der Waals surface area contributed by atoms with E-state index in [9.17, 15) is 9.59 Å². The van der Waals surface area contributed by atoms with Gasteiger partial charge in [0.1, 0.15) is 0 Å². The minimum absolute atomic E-state index is 0.0812. The molecular formula is C10H19NO4. The van der Waals surface area contributed by atoms with Crippen molar-refractivity contribution in [2.24, 2.45) is 0 Å². The SMILES string of the molecule is CCCC(=O)N(CCC(=O)O)CC(C)O. The molecule has 0 aromatic carbocycles. The zero-order chi connectivity index (χ0) is 11.8. The van der Waals surface area contributed by atoms with E-state index in [0.717, 1.165) is 6.42 Å². The lowest BCUT2D eigenvalue weighted by molar-refractivity contribution is -0.139. The minimum atomic E-state index is -0.935. The van der Waals surface area contributed by atoms with Crippen molar-refractivity contribution in [1.29, 1.82) is 0 Å². The monoisotopic (exact) mass is 217 g/mol. The molecule has 0 aliphatic carbocycles. The van der Waals surface area contributed by atoms with Crippen molar-refractivity contribution in [1.82, 2.24) is 4.90 Å². The van der Waals surface area contributed by atoms with Gasteiger partial charge in [0.2, 0.25) is 5.91 Å². The van der Waals surface area contributed by atoms with E-state index in [1.165, 1.54) is 4.90 Å². The zero-order valence-corrected chi connectivity index (χ0v) is 9.27. The predicted octanol–water partition coefficient (Wildman–Crippen LogP) is 0.471. The van der Waals surface area contributed by atoms with Gasteiger partial charge in [0.05, 0.1) is 12.5 Å². The van der Waals surface area contributed by atoms with Crippen molar-refractivity contribution in [3.8, 4) is 0 Å². The fourth-order valence-electron chi connectivity index (χ4n) is 1.24. The molecule has 0 saturated heterocycles. The van der Waals surface area contributed by atoms with Crippen molar-refractivity contribution in [2.75, 3.05) is 13.1 Å². The Morgan fingerprint density at radius 3 is 2.33 bits per heavy atom. The highest BCUT2D eigenvalue weighted by Gasteiger charge is 2.15. The van der Waals surface area contributed by atoms with E-state index in [4.69, 9.17) is 10.2 Å². The first-order valence-electron chi connectivity index (χ1n) is 5.15. The smallest absolute Gasteiger partial charge is 0.305 e. The minimum Gasteiger partial charge on any atom is -0.481 e. The highest BCUT2D eigenvalue weighted by atomic mass is 16.4. The highest BCUT2D eigenvalue weighted by molar-refractivity contribution is 5.77. The van der Waals surface area contributed by atoms with Gasteiger partial charge in [-0.2, -0.15) is 0 Å². The average molecular weight is 217 g/mol. The summed E-state index contributed by atoms with van der Waals surface area (Å²) in [5, 5.41) is 17.7. The van der Waals surface area contributed by atoms with Gasteiger partial charge in [0, 0.05) is 19.5 Å². The van der Waals surface area contributed by atoms with E-state index in [2.05, 4.69) is 0 Å². The van der Waals surface area contributed by atoms with Gasteiger partial charge < -0.3 is 15.1 Å². The molecule has 0 fully saturated rings. The summed E-state index contributed by atoms with van der Waals surface area (Å²) in [7, 11) is 0. The highest BCUT2D eigenvalue weighted by Crippen LogP contribution is 2.01. The Morgan fingerprint density at radius 2 is 1.93 bits per heavy atom. The first-order valence-corrected chi connectivity index (χ1v) is 5.15. The number of carbonyl (C=O) groups is 2. The van der Waals surface area contributed by atoms with Gasteiger partial charge in [-0.3, -0.25) is 9.59 Å². The summed E-state index contributed by atoms with van der Waals surface area (Å²) in [6, 6.07) is 0. The van der Waals surface area contributed by atoms with E-state index in [1.807, 2.05) is 6.92 Å². The number of rotatable bonds is 7. The number of carboxylic acid groups (broad SMARTS) is 1. The Bertz CT molecular complexity index is 215. The van der Waals surface area contributed by atoms with Crippen LogP contribution in [-0.2, 0) is 9.59 Å². The van der Waals surface area contributed by atoms with Crippen molar-refractivity contribution >= 4 is 11.9 Å². The van der Waals surface area contributed by atoms with Crippen LogP contribution in [0.15, 0.2) is 0 Å². The molecule has 0 rings (SSSR count). The molecule has 1 unspecified atom stereocenters. The van der Waals surface area contributed by atoms with Gasteiger partial charge in [0.25, 0.3) is 0 Å². The van der Waals surface area contributed by atoms with Crippen LogP contribution in [0, 0.1) is 0 Å². The van der Waals surface area contributed by atoms with E-state index >= 15 is 0 Å². The Hall–Kier alpha value is -1.10. The molecule has 1 amide bonds. The van der Waals surface area contributed by atoms with Crippen LogP contribution in [-0.4, -0.2) is 46.2 Å². The summed E-state index contributed by atoms with van der Waals surface area (Å²) in [5.74, 6) is -1.03. The zero-order valence-electron chi connectivity index (χ0n) is 9.27. The summed E-state index contributed by atoms with van der Waals surface area (Å²) in [6.45, 7) is 3.83. The number of hydrogen-bond acceptors (Lipinski definition) is 3. The summed E-state index contributed by atoms with van der Waals surface area (Å²) in [4.78, 5) is 23.3. The topological polar surface area (TPSA) is 77.8 Å². The molecule has 0 saturated carbocycles. The number of amides is 1. The predicted molar refractivity (Wildman–Crippen MR) is 55.4 cm³/mol. The van der Waals surface area contributed by atoms with Crippen LogP contribution in [0.4, 0.5) is 0 Å². The largest absolute Gasteiger partial charge is 0.481 e. The molecule has 0 heterocycles. The van der Waals surface area contributed by atoms with Crippen molar-refractivity contribution in [3.63, 3.8) is 0 Å². The summed E-state index contributed by atoms with van der Waals surface area (Å²) in [6.07, 6.45) is 0.413. The lowest BCUT2D eigenvalue weighted by atomic mass is 10.2. The number of carbonyl (C=O) groups excluding carboxylic acids is 1. The Kier molecular flexibility index (Phi) is 6.70. The lowest BCUT2D eigenvalue weighted by Gasteiger charge is -2.23. The van der Waals surface area contributed by atoms with Crippen molar-refractivity contribution in [2.45, 2.75) is 39.2 Å². The number of aliphatic hydroxyl groups is 1. The van der Waals surface area contributed by atoms with Crippen LogP contribution in [0.25, 0.3) is 0 Å². The lowest BCUT2D eigenvalue weighted by Crippen LogP contribution is -2.37. The maximum absolute atomic E-state index is 11.5. The molecule has 5 heteroatoms. The molecule has 0 bridgehead atoms. The third-order valence-electron chi connectivity index (χ3n) is 1.90. The molecule has 5 nitrogen and oxygen atoms in total. The van der Waals surface area contributed by atoms with Crippen molar-refractivity contribution in [3.05, 3.63) is 0 Å². The van der Waals surface area contributed by atoms with Crippen LogP contribution < -0.4 is 0 Å². The normalized spacial score (nSPS) is 12.2. The summed E-state index contributed by atoms with van der Waals surface area (Å²) < 4.78 is 0. The Balaban J connectivity index is 4.16. The number of aliphatic hydroxyl groups excluding tert-OH is 1. The molecule has 0 spiro atoms. The van der Waals surface area contributed by atoms with Crippen LogP contribution in [0.1, 0.15) is 33.1 Å².